The van der Waals surface area contributed by atoms with E-state index in [0.717, 1.165) is 11.3 Å². The van der Waals surface area contributed by atoms with Crippen LogP contribution in [0.4, 0.5) is 4.39 Å². The summed E-state index contributed by atoms with van der Waals surface area (Å²) in [6.45, 7) is 4.51. The highest BCUT2D eigenvalue weighted by molar-refractivity contribution is 9.10. The topological polar surface area (TPSA) is 27.1 Å². The van der Waals surface area contributed by atoms with E-state index in [4.69, 9.17) is 4.74 Å². The Kier molecular flexibility index (Phi) is 2.01. The number of halogens is 2. The Hall–Kier alpha value is -1.10. The van der Waals surface area contributed by atoms with E-state index >= 15 is 0 Å². The van der Waals surface area contributed by atoms with Crippen LogP contribution in [0.5, 0.6) is 5.75 Å². The van der Waals surface area contributed by atoms with E-state index in [9.17, 15) is 4.39 Å². The van der Waals surface area contributed by atoms with Gasteiger partial charge in [-0.1, -0.05) is 0 Å². The third-order valence-corrected chi connectivity index (χ3v) is 3.50. The second-order valence-electron chi connectivity index (χ2n) is 4.06. The van der Waals surface area contributed by atoms with Crippen LogP contribution in [0, 0.1) is 12.7 Å². The van der Waals surface area contributed by atoms with Gasteiger partial charge in [0.2, 0.25) is 0 Å². The summed E-state index contributed by atoms with van der Waals surface area (Å²) in [6.07, 6.45) is 0. The van der Waals surface area contributed by atoms with Crippen molar-refractivity contribution in [1.82, 2.24) is 9.55 Å². The van der Waals surface area contributed by atoms with Gasteiger partial charge in [-0.25, -0.2) is 9.37 Å². The van der Waals surface area contributed by atoms with Crippen LogP contribution in [-0.4, -0.2) is 16.2 Å². The molecule has 0 bridgehead atoms. The molecule has 0 spiro atoms. The number of imidazole rings is 1. The fourth-order valence-electron chi connectivity index (χ4n) is 2.24. The molecule has 0 saturated heterocycles. The highest BCUT2D eigenvalue weighted by atomic mass is 79.9. The highest BCUT2D eigenvalue weighted by Crippen LogP contribution is 2.40. The zero-order valence-corrected chi connectivity index (χ0v) is 10.5. The number of ether oxygens (including phenoxy) is 1. The fraction of sp³-hybridized carbons (Fsp3) is 0.364. The summed E-state index contributed by atoms with van der Waals surface area (Å²) >= 11 is 3.32. The molecule has 2 heterocycles. The van der Waals surface area contributed by atoms with Crippen LogP contribution < -0.4 is 4.74 Å². The molecule has 1 aromatic carbocycles. The average molecular weight is 285 g/mol. The summed E-state index contributed by atoms with van der Waals surface area (Å²) in [5.74, 6) is 1.20. The zero-order valence-electron chi connectivity index (χ0n) is 8.92. The third kappa shape index (κ3) is 1.15. The van der Waals surface area contributed by atoms with Crippen molar-refractivity contribution in [3.05, 3.63) is 22.2 Å². The lowest BCUT2D eigenvalue weighted by molar-refractivity contribution is 0.244. The zero-order chi connectivity index (χ0) is 11.4. The predicted octanol–water partition coefficient (Wildman–Crippen LogP) is 3.20. The summed E-state index contributed by atoms with van der Waals surface area (Å²) in [5.41, 5.74) is 1.14. The molecule has 16 heavy (non-hydrogen) atoms. The fourth-order valence-corrected chi connectivity index (χ4v) is 2.74. The molecule has 1 unspecified atom stereocenters. The van der Waals surface area contributed by atoms with Gasteiger partial charge in [-0.3, -0.25) is 0 Å². The van der Waals surface area contributed by atoms with Crippen molar-refractivity contribution >= 4 is 27.0 Å². The van der Waals surface area contributed by atoms with Gasteiger partial charge in [0.1, 0.15) is 23.5 Å². The molecule has 84 valence electrons. The molecule has 2 aromatic rings. The van der Waals surface area contributed by atoms with Crippen molar-refractivity contribution in [3.8, 4) is 5.75 Å². The molecule has 1 aliphatic rings. The second kappa shape index (κ2) is 3.20. The van der Waals surface area contributed by atoms with Crippen LogP contribution in [0.25, 0.3) is 11.0 Å². The minimum absolute atomic E-state index is 0.186. The Morgan fingerprint density at radius 2 is 2.38 bits per heavy atom. The molecule has 0 fully saturated rings. The van der Waals surface area contributed by atoms with Crippen LogP contribution in [0.1, 0.15) is 18.8 Å². The molecule has 1 aliphatic heterocycles. The quantitative estimate of drug-likeness (QED) is 0.743. The summed E-state index contributed by atoms with van der Waals surface area (Å²) in [4.78, 5) is 4.26. The first-order valence-corrected chi connectivity index (χ1v) is 5.88. The molecule has 1 atom stereocenters. The first-order valence-electron chi connectivity index (χ1n) is 5.09. The molecule has 3 rings (SSSR count). The molecule has 0 aliphatic carbocycles. The maximum Gasteiger partial charge on any atom is 0.159 e. The highest BCUT2D eigenvalue weighted by Gasteiger charge is 2.26. The van der Waals surface area contributed by atoms with Crippen molar-refractivity contribution in [2.45, 2.75) is 19.9 Å². The van der Waals surface area contributed by atoms with Gasteiger partial charge in [-0.05, 0) is 35.8 Å². The van der Waals surface area contributed by atoms with Gasteiger partial charge in [0, 0.05) is 0 Å². The Morgan fingerprint density at radius 3 is 3.12 bits per heavy atom. The maximum absolute atomic E-state index is 13.7. The van der Waals surface area contributed by atoms with E-state index in [-0.39, 0.29) is 11.9 Å². The van der Waals surface area contributed by atoms with Gasteiger partial charge in [0.25, 0.3) is 0 Å². The molecule has 0 saturated carbocycles. The monoisotopic (exact) mass is 284 g/mol. The summed E-state index contributed by atoms with van der Waals surface area (Å²) in [5, 5.41) is 0. The van der Waals surface area contributed by atoms with Crippen LogP contribution >= 0.6 is 15.9 Å². The Morgan fingerprint density at radius 1 is 1.62 bits per heavy atom. The summed E-state index contributed by atoms with van der Waals surface area (Å²) in [6, 6.07) is 1.59. The van der Waals surface area contributed by atoms with E-state index in [1.54, 1.807) is 0 Å². The number of hydrogen-bond donors (Lipinski definition) is 0. The van der Waals surface area contributed by atoms with Crippen LogP contribution in [0.15, 0.2) is 10.5 Å². The first kappa shape index (κ1) is 10.1. The number of benzene rings is 1. The number of aryl methyl sites for hydroxylation is 1. The smallest absolute Gasteiger partial charge is 0.159 e. The van der Waals surface area contributed by atoms with Gasteiger partial charge in [-0.15, -0.1) is 0 Å². The molecule has 1 aromatic heterocycles. The lowest BCUT2D eigenvalue weighted by Gasteiger charge is -2.24. The molecule has 5 heteroatoms. The molecule has 3 nitrogen and oxygen atoms in total. The van der Waals surface area contributed by atoms with Crippen molar-refractivity contribution in [2.75, 3.05) is 6.61 Å². The number of hydrogen-bond acceptors (Lipinski definition) is 2. The van der Waals surface area contributed by atoms with Crippen molar-refractivity contribution in [3.63, 3.8) is 0 Å². The number of nitrogens with zero attached hydrogens (tertiary/aromatic N) is 2. The first-order chi connectivity index (χ1) is 7.59. The van der Waals surface area contributed by atoms with Gasteiger partial charge in [0.05, 0.1) is 10.5 Å². The van der Waals surface area contributed by atoms with Gasteiger partial charge in [0.15, 0.2) is 11.6 Å². The van der Waals surface area contributed by atoms with Crippen LogP contribution in [0.2, 0.25) is 0 Å². The maximum atomic E-state index is 13.7. The van der Waals surface area contributed by atoms with Gasteiger partial charge in [-0.2, -0.15) is 0 Å². The molecular formula is C11H10BrFN2O. The van der Waals surface area contributed by atoms with E-state index in [2.05, 4.69) is 20.9 Å². The van der Waals surface area contributed by atoms with Gasteiger partial charge < -0.3 is 9.30 Å². The van der Waals surface area contributed by atoms with Crippen molar-refractivity contribution in [2.24, 2.45) is 0 Å². The van der Waals surface area contributed by atoms with E-state index in [1.165, 1.54) is 6.07 Å². The van der Waals surface area contributed by atoms with E-state index < -0.39 is 0 Å². The number of rotatable bonds is 0. The normalized spacial score (nSPS) is 18.9. The second-order valence-corrected chi connectivity index (χ2v) is 4.91. The Balaban J connectivity index is 2.52. The van der Waals surface area contributed by atoms with Crippen LogP contribution in [0.3, 0.4) is 0 Å². The molecule has 0 N–H and O–H groups in total. The minimum atomic E-state index is -0.315. The van der Waals surface area contributed by atoms with Crippen molar-refractivity contribution < 1.29 is 9.13 Å². The van der Waals surface area contributed by atoms with Gasteiger partial charge >= 0.3 is 0 Å². The molecular weight excluding hydrogens is 275 g/mol. The molecule has 0 radical (unpaired) electrons. The van der Waals surface area contributed by atoms with Crippen LogP contribution in [-0.2, 0) is 0 Å². The lowest BCUT2D eigenvalue weighted by atomic mass is 10.2. The third-order valence-electron chi connectivity index (χ3n) is 2.91. The standard InChI is InChI=1S/C11H10BrFN2O/c1-5-4-16-11-7(12)3-8(13)9-10(11)15(5)6(2)14-9/h3,5H,4H2,1-2H3. The lowest BCUT2D eigenvalue weighted by Crippen LogP contribution is -2.20. The summed E-state index contributed by atoms with van der Waals surface area (Å²) in [7, 11) is 0. The largest absolute Gasteiger partial charge is 0.488 e. The van der Waals surface area contributed by atoms with E-state index in [0.29, 0.717) is 22.3 Å². The average Bonchev–Trinajstić information content (AvgIpc) is 2.56. The molecule has 0 amide bonds. The Labute approximate surface area is 100 Å². The van der Waals surface area contributed by atoms with E-state index in [1.807, 2.05) is 18.4 Å². The minimum Gasteiger partial charge on any atom is -0.488 e. The van der Waals surface area contributed by atoms with Crippen molar-refractivity contribution in [1.29, 1.82) is 0 Å². The Bertz CT molecular complexity index is 593. The predicted molar refractivity (Wildman–Crippen MR) is 62.3 cm³/mol. The summed E-state index contributed by atoms with van der Waals surface area (Å²) < 4.78 is 22.1. The SMILES string of the molecule is Cc1nc2c(F)cc(Br)c3c2n1C(C)CO3. The number of aromatic nitrogens is 2.